The van der Waals surface area contributed by atoms with E-state index in [1.807, 2.05) is 24.3 Å². The minimum absolute atomic E-state index is 0.0180. The molecule has 0 aromatic heterocycles. The molecule has 0 spiro atoms. The van der Waals surface area contributed by atoms with Gasteiger partial charge < -0.3 is 5.11 Å². The van der Waals surface area contributed by atoms with E-state index in [4.69, 9.17) is 0 Å². The maximum Gasteiger partial charge on any atom is 0.123 e. The van der Waals surface area contributed by atoms with Gasteiger partial charge in [0.25, 0.3) is 0 Å². The highest BCUT2D eigenvalue weighted by molar-refractivity contribution is 5.93. The molecule has 0 bridgehead atoms. The Labute approximate surface area is 116 Å². The molecule has 2 aromatic rings. The molecule has 19 heavy (non-hydrogen) atoms. The van der Waals surface area contributed by atoms with Gasteiger partial charge in [-0.1, -0.05) is 65.8 Å². The first-order valence-corrected chi connectivity index (χ1v) is 6.88. The predicted octanol–water partition coefficient (Wildman–Crippen LogP) is 5.14. The zero-order valence-electron chi connectivity index (χ0n) is 12.8. The van der Waals surface area contributed by atoms with Crippen molar-refractivity contribution in [3.05, 3.63) is 41.5 Å². The summed E-state index contributed by atoms with van der Waals surface area (Å²) in [6, 6.07) is 10.1. The molecule has 102 valence electrons. The van der Waals surface area contributed by atoms with Crippen molar-refractivity contribution >= 4 is 10.8 Å². The number of fused-ring (bicyclic) bond motifs is 1. The lowest BCUT2D eigenvalue weighted by atomic mass is 9.73. The molecule has 2 rings (SSSR count). The number of hydrogen-bond acceptors (Lipinski definition) is 1. The van der Waals surface area contributed by atoms with Crippen LogP contribution < -0.4 is 0 Å². The molecule has 0 atom stereocenters. The van der Waals surface area contributed by atoms with Crippen molar-refractivity contribution in [1.82, 2.24) is 0 Å². The van der Waals surface area contributed by atoms with Gasteiger partial charge in [-0.25, -0.2) is 0 Å². The summed E-state index contributed by atoms with van der Waals surface area (Å²) in [5.41, 5.74) is 2.64. The van der Waals surface area contributed by atoms with Crippen molar-refractivity contribution in [3.8, 4) is 5.75 Å². The molecule has 0 unspecified atom stereocenters. The fourth-order valence-electron chi connectivity index (χ4n) is 2.76. The van der Waals surface area contributed by atoms with Gasteiger partial charge in [-0.3, -0.25) is 0 Å². The second-order valence-corrected chi connectivity index (χ2v) is 7.36. The van der Waals surface area contributed by atoms with Crippen molar-refractivity contribution in [3.63, 3.8) is 0 Å². The van der Waals surface area contributed by atoms with Gasteiger partial charge in [-0.05, 0) is 33.4 Å². The van der Waals surface area contributed by atoms with E-state index in [0.29, 0.717) is 5.75 Å². The number of aromatic hydroxyl groups is 1. The fourth-order valence-corrected chi connectivity index (χ4v) is 2.76. The Bertz CT molecular complexity index is 610. The van der Waals surface area contributed by atoms with Crippen LogP contribution in [0.15, 0.2) is 30.3 Å². The molecular formula is C18H24O. The summed E-state index contributed by atoms with van der Waals surface area (Å²) < 4.78 is 0. The van der Waals surface area contributed by atoms with Crippen LogP contribution in [-0.2, 0) is 10.8 Å². The van der Waals surface area contributed by atoms with Crippen molar-refractivity contribution < 1.29 is 5.11 Å². The van der Waals surface area contributed by atoms with Crippen LogP contribution in [-0.4, -0.2) is 5.11 Å². The number of phenolic OH excluding ortho intramolecular Hbond substituents is 1. The molecule has 1 N–H and O–H groups in total. The Morgan fingerprint density at radius 1 is 0.789 bits per heavy atom. The first-order chi connectivity index (χ1) is 8.62. The van der Waals surface area contributed by atoms with Crippen molar-refractivity contribution in [2.24, 2.45) is 0 Å². The molecule has 0 saturated carbocycles. The van der Waals surface area contributed by atoms with E-state index in [-0.39, 0.29) is 10.8 Å². The normalized spacial score (nSPS) is 12.9. The van der Waals surface area contributed by atoms with Crippen LogP contribution in [0.4, 0.5) is 0 Å². The van der Waals surface area contributed by atoms with Gasteiger partial charge in [0.15, 0.2) is 0 Å². The molecule has 0 aliphatic rings. The fraction of sp³-hybridized carbons (Fsp3) is 0.444. The molecule has 0 amide bonds. The van der Waals surface area contributed by atoms with Crippen LogP contribution in [0.1, 0.15) is 52.7 Å². The summed E-state index contributed by atoms with van der Waals surface area (Å²) >= 11 is 0. The zero-order valence-corrected chi connectivity index (χ0v) is 12.8. The van der Waals surface area contributed by atoms with Gasteiger partial charge in [0.05, 0.1) is 0 Å². The van der Waals surface area contributed by atoms with E-state index in [0.717, 1.165) is 5.39 Å². The van der Waals surface area contributed by atoms with Crippen LogP contribution in [0.2, 0.25) is 0 Å². The molecule has 0 heterocycles. The van der Waals surface area contributed by atoms with Crippen molar-refractivity contribution in [1.29, 1.82) is 0 Å². The number of benzene rings is 2. The third-order valence-corrected chi connectivity index (χ3v) is 3.58. The third kappa shape index (κ3) is 2.47. The lowest BCUT2D eigenvalue weighted by Crippen LogP contribution is -2.22. The molecule has 0 aliphatic heterocycles. The van der Waals surface area contributed by atoms with Crippen LogP contribution in [0.25, 0.3) is 10.8 Å². The SMILES string of the molecule is CC(C)(C)c1cc(O)c2ccccc2c1C(C)(C)C. The highest BCUT2D eigenvalue weighted by atomic mass is 16.3. The Kier molecular flexibility index (Phi) is 3.12. The lowest BCUT2D eigenvalue weighted by Gasteiger charge is -2.32. The largest absolute Gasteiger partial charge is 0.507 e. The molecule has 1 heteroatoms. The van der Waals surface area contributed by atoms with Crippen molar-refractivity contribution in [2.75, 3.05) is 0 Å². The molecule has 0 radical (unpaired) electrons. The van der Waals surface area contributed by atoms with Crippen molar-refractivity contribution in [2.45, 2.75) is 52.4 Å². The quantitative estimate of drug-likeness (QED) is 0.692. The van der Waals surface area contributed by atoms with Gasteiger partial charge in [-0.15, -0.1) is 0 Å². The summed E-state index contributed by atoms with van der Waals surface area (Å²) in [6.45, 7) is 13.3. The van der Waals surface area contributed by atoms with E-state index in [1.54, 1.807) is 0 Å². The first-order valence-electron chi connectivity index (χ1n) is 6.88. The highest BCUT2D eigenvalue weighted by Crippen LogP contribution is 2.42. The minimum atomic E-state index is 0.0180. The van der Waals surface area contributed by atoms with Gasteiger partial charge in [-0.2, -0.15) is 0 Å². The summed E-state index contributed by atoms with van der Waals surface area (Å²) in [5.74, 6) is 0.383. The van der Waals surface area contributed by atoms with Crippen LogP contribution in [0.5, 0.6) is 5.75 Å². The van der Waals surface area contributed by atoms with E-state index in [1.165, 1.54) is 16.5 Å². The number of rotatable bonds is 0. The second kappa shape index (κ2) is 4.26. The van der Waals surface area contributed by atoms with E-state index >= 15 is 0 Å². The minimum Gasteiger partial charge on any atom is -0.507 e. The predicted molar refractivity (Wildman–Crippen MR) is 83.0 cm³/mol. The molecule has 0 fully saturated rings. The third-order valence-electron chi connectivity index (χ3n) is 3.58. The smallest absolute Gasteiger partial charge is 0.123 e. The van der Waals surface area contributed by atoms with Crippen LogP contribution in [0.3, 0.4) is 0 Å². The Balaban J connectivity index is 2.98. The Morgan fingerprint density at radius 3 is 1.79 bits per heavy atom. The van der Waals surface area contributed by atoms with Gasteiger partial charge in [0.2, 0.25) is 0 Å². The topological polar surface area (TPSA) is 20.2 Å². The number of hydrogen-bond donors (Lipinski definition) is 1. The average Bonchev–Trinajstić information content (AvgIpc) is 2.26. The molecule has 1 nitrogen and oxygen atoms in total. The molecule has 0 aliphatic carbocycles. The number of phenols is 1. The van der Waals surface area contributed by atoms with Gasteiger partial charge in [0.1, 0.15) is 5.75 Å². The van der Waals surface area contributed by atoms with Gasteiger partial charge in [0, 0.05) is 5.39 Å². The maximum atomic E-state index is 10.3. The van der Waals surface area contributed by atoms with E-state index < -0.39 is 0 Å². The average molecular weight is 256 g/mol. The maximum absolute atomic E-state index is 10.3. The molecule has 0 saturated heterocycles. The summed E-state index contributed by atoms with van der Waals surface area (Å²) in [6.07, 6.45) is 0. The first kappa shape index (κ1) is 13.9. The lowest BCUT2D eigenvalue weighted by molar-refractivity contribution is 0.473. The summed E-state index contributed by atoms with van der Waals surface area (Å²) in [5, 5.41) is 12.4. The Hall–Kier alpha value is -1.50. The summed E-state index contributed by atoms with van der Waals surface area (Å²) in [7, 11) is 0. The van der Waals surface area contributed by atoms with E-state index in [2.05, 4.69) is 47.6 Å². The summed E-state index contributed by atoms with van der Waals surface area (Å²) in [4.78, 5) is 0. The van der Waals surface area contributed by atoms with Crippen LogP contribution >= 0.6 is 0 Å². The second-order valence-electron chi connectivity index (χ2n) is 7.36. The zero-order chi connectivity index (χ0) is 14.4. The highest BCUT2D eigenvalue weighted by Gasteiger charge is 2.28. The van der Waals surface area contributed by atoms with Crippen LogP contribution in [0, 0.1) is 0 Å². The van der Waals surface area contributed by atoms with Gasteiger partial charge >= 0.3 is 0 Å². The standard InChI is InChI=1S/C18H24O/c1-17(2,3)14-11-15(19)12-9-7-8-10-13(12)16(14)18(4,5)6/h7-11,19H,1-6H3. The Morgan fingerprint density at radius 2 is 1.32 bits per heavy atom. The molecular weight excluding hydrogens is 232 g/mol. The molecule has 2 aromatic carbocycles. The monoisotopic (exact) mass is 256 g/mol. The van der Waals surface area contributed by atoms with E-state index in [9.17, 15) is 5.11 Å².